The lowest BCUT2D eigenvalue weighted by atomic mass is 9.96. The van der Waals surface area contributed by atoms with E-state index >= 15 is 0 Å². The maximum absolute atomic E-state index is 13.2. The quantitative estimate of drug-likeness (QED) is 0.576. The maximum Gasteiger partial charge on any atom is 0.341 e. The molecule has 1 saturated carbocycles. The summed E-state index contributed by atoms with van der Waals surface area (Å²) in [6.45, 7) is 0. The van der Waals surface area contributed by atoms with Crippen LogP contribution in [-0.4, -0.2) is 12.1 Å². The highest BCUT2D eigenvalue weighted by atomic mass is 19.2. The number of carbonyl (C=O) groups is 1. The summed E-state index contributed by atoms with van der Waals surface area (Å²) >= 11 is 0. The van der Waals surface area contributed by atoms with Crippen molar-refractivity contribution in [2.45, 2.75) is 25.4 Å². The Morgan fingerprint density at radius 3 is 2.44 bits per heavy atom. The minimum absolute atomic E-state index is 0.222. The summed E-state index contributed by atoms with van der Waals surface area (Å²) in [5.41, 5.74) is -0.564. The molecule has 0 bridgehead atoms. The topological polar surface area (TPSA) is 26.3 Å². The Morgan fingerprint density at radius 1 is 1.19 bits per heavy atom. The number of benzene rings is 1. The predicted molar refractivity (Wildman–Crippen MR) is 49.4 cm³/mol. The van der Waals surface area contributed by atoms with E-state index in [1.54, 1.807) is 0 Å². The average Bonchev–Trinajstić information content (AvgIpc) is 2.20. The predicted octanol–water partition coefficient (Wildman–Crippen LogP) is 2.81. The molecule has 0 aliphatic heterocycles. The zero-order valence-corrected chi connectivity index (χ0v) is 8.30. The second-order valence-electron chi connectivity index (χ2n) is 3.68. The number of carbonyl (C=O) groups excluding carboxylic acids is 1. The van der Waals surface area contributed by atoms with Crippen molar-refractivity contribution in [2.75, 3.05) is 0 Å². The third-order valence-corrected chi connectivity index (χ3v) is 2.58. The highest BCUT2D eigenvalue weighted by Crippen LogP contribution is 2.24. The van der Waals surface area contributed by atoms with Gasteiger partial charge in [-0.15, -0.1) is 0 Å². The molecule has 2 rings (SSSR count). The molecule has 1 aliphatic carbocycles. The van der Waals surface area contributed by atoms with Crippen LogP contribution in [0.4, 0.5) is 13.2 Å². The maximum atomic E-state index is 13.2. The standard InChI is InChI=1S/C11H9F3O2/c12-8-5-4-7(9(13)10(8)14)11(15)16-6-2-1-3-6/h4-6H,1-3H2. The number of hydrogen-bond donors (Lipinski definition) is 0. The van der Waals surface area contributed by atoms with Crippen molar-refractivity contribution < 1.29 is 22.7 Å². The summed E-state index contributed by atoms with van der Waals surface area (Å²) in [4.78, 5) is 11.4. The molecule has 1 aromatic carbocycles. The number of hydrogen-bond acceptors (Lipinski definition) is 2. The molecule has 0 aromatic heterocycles. The molecular weight excluding hydrogens is 221 g/mol. The van der Waals surface area contributed by atoms with Gasteiger partial charge < -0.3 is 4.74 Å². The first kappa shape index (κ1) is 11.0. The van der Waals surface area contributed by atoms with Crippen LogP contribution in [-0.2, 0) is 4.74 Å². The molecule has 86 valence electrons. The van der Waals surface area contributed by atoms with Gasteiger partial charge in [-0.05, 0) is 31.4 Å². The molecule has 0 spiro atoms. The molecule has 0 N–H and O–H groups in total. The second-order valence-corrected chi connectivity index (χ2v) is 3.68. The van der Waals surface area contributed by atoms with Crippen molar-refractivity contribution in [3.8, 4) is 0 Å². The normalized spacial score (nSPS) is 15.7. The zero-order chi connectivity index (χ0) is 11.7. The Balaban J connectivity index is 2.19. The zero-order valence-electron chi connectivity index (χ0n) is 8.30. The number of rotatable bonds is 2. The Labute approximate surface area is 90.0 Å². The minimum atomic E-state index is -1.65. The van der Waals surface area contributed by atoms with Crippen molar-refractivity contribution in [2.24, 2.45) is 0 Å². The van der Waals surface area contributed by atoms with E-state index in [4.69, 9.17) is 4.74 Å². The van der Waals surface area contributed by atoms with Crippen molar-refractivity contribution in [3.05, 3.63) is 35.1 Å². The van der Waals surface area contributed by atoms with Crippen LogP contribution >= 0.6 is 0 Å². The monoisotopic (exact) mass is 230 g/mol. The van der Waals surface area contributed by atoms with Crippen molar-refractivity contribution in [1.29, 1.82) is 0 Å². The van der Waals surface area contributed by atoms with Gasteiger partial charge in [0.1, 0.15) is 6.10 Å². The molecule has 16 heavy (non-hydrogen) atoms. The summed E-state index contributed by atoms with van der Waals surface area (Å²) in [6, 6.07) is 1.59. The summed E-state index contributed by atoms with van der Waals surface area (Å²) in [7, 11) is 0. The second kappa shape index (κ2) is 4.15. The number of ether oxygens (including phenoxy) is 1. The van der Waals surface area contributed by atoms with Gasteiger partial charge in [-0.1, -0.05) is 0 Å². The first-order chi connectivity index (χ1) is 7.59. The smallest absolute Gasteiger partial charge is 0.341 e. The molecule has 0 saturated heterocycles. The van der Waals surface area contributed by atoms with Gasteiger partial charge in [0.15, 0.2) is 17.5 Å². The molecule has 1 aromatic rings. The van der Waals surface area contributed by atoms with Crippen LogP contribution in [0.25, 0.3) is 0 Å². The molecule has 1 fully saturated rings. The van der Waals surface area contributed by atoms with Crippen LogP contribution in [0.1, 0.15) is 29.6 Å². The highest BCUT2D eigenvalue weighted by molar-refractivity contribution is 5.89. The molecule has 5 heteroatoms. The van der Waals surface area contributed by atoms with Crippen LogP contribution < -0.4 is 0 Å². The lowest BCUT2D eigenvalue weighted by Crippen LogP contribution is -2.25. The van der Waals surface area contributed by atoms with Gasteiger partial charge in [0, 0.05) is 0 Å². The van der Waals surface area contributed by atoms with Crippen LogP contribution in [0.3, 0.4) is 0 Å². The fraction of sp³-hybridized carbons (Fsp3) is 0.364. The van der Waals surface area contributed by atoms with E-state index in [-0.39, 0.29) is 6.10 Å². The van der Waals surface area contributed by atoms with Gasteiger partial charge in [0.05, 0.1) is 5.56 Å². The summed E-state index contributed by atoms with van der Waals surface area (Å²) in [5, 5.41) is 0. The summed E-state index contributed by atoms with van der Waals surface area (Å²) in [6.07, 6.45) is 2.20. The molecule has 0 heterocycles. The van der Waals surface area contributed by atoms with Crippen molar-refractivity contribution in [1.82, 2.24) is 0 Å². The number of halogens is 3. The third kappa shape index (κ3) is 1.89. The van der Waals surface area contributed by atoms with E-state index in [1.165, 1.54) is 0 Å². The van der Waals surface area contributed by atoms with Crippen LogP contribution in [0.2, 0.25) is 0 Å². The minimum Gasteiger partial charge on any atom is -0.459 e. The number of esters is 1. The Hall–Kier alpha value is -1.52. The van der Waals surface area contributed by atoms with Crippen molar-refractivity contribution in [3.63, 3.8) is 0 Å². The first-order valence-electron chi connectivity index (χ1n) is 4.94. The molecule has 1 aliphatic rings. The molecule has 0 atom stereocenters. The van der Waals surface area contributed by atoms with E-state index in [1.807, 2.05) is 0 Å². The molecule has 0 amide bonds. The van der Waals surface area contributed by atoms with E-state index < -0.39 is 29.0 Å². The Morgan fingerprint density at radius 2 is 1.88 bits per heavy atom. The lowest BCUT2D eigenvalue weighted by molar-refractivity contribution is 0.00842. The van der Waals surface area contributed by atoms with Gasteiger partial charge in [-0.2, -0.15) is 0 Å². The van der Waals surface area contributed by atoms with Crippen LogP contribution in [0.5, 0.6) is 0 Å². The summed E-state index contributed by atoms with van der Waals surface area (Å²) < 4.78 is 43.5. The van der Waals surface area contributed by atoms with E-state index in [0.717, 1.165) is 25.3 Å². The van der Waals surface area contributed by atoms with Gasteiger partial charge >= 0.3 is 5.97 Å². The SMILES string of the molecule is O=C(OC1CCC1)c1ccc(F)c(F)c1F. The fourth-order valence-corrected chi connectivity index (χ4v) is 1.39. The van der Waals surface area contributed by atoms with Gasteiger partial charge in [-0.25, -0.2) is 18.0 Å². The van der Waals surface area contributed by atoms with Crippen LogP contribution in [0.15, 0.2) is 12.1 Å². The molecule has 0 radical (unpaired) electrons. The van der Waals surface area contributed by atoms with E-state index in [2.05, 4.69) is 0 Å². The van der Waals surface area contributed by atoms with Crippen molar-refractivity contribution >= 4 is 5.97 Å². The van der Waals surface area contributed by atoms with Gasteiger partial charge in [-0.3, -0.25) is 0 Å². The molecular formula is C11H9F3O2. The van der Waals surface area contributed by atoms with Gasteiger partial charge in [0.2, 0.25) is 0 Å². The third-order valence-electron chi connectivity index (χ3n) is 2.58. The summed E-state index contributed by atoms with van der Waals surface area (Å²) in [5.74, 6) is -5.41. The fourth-order valence-electron chi connectivity index (χ4n) is 1.39. The van der Waals surface area contributed by atoms with E-state index in [0.29, 0.717) is 6.07 Å². The first-order valence-corrected chi connectivity index (χ1v) is 4.94. The lowest BCUT2D eigenvalue weighted by Gasteiger charge is -2.25. The average molecular weight is 230 g/mol. The molecule has 0 unspecified atom stereocenters. The Bertz CT molecular complexity index is 427. The van der Waals surface area contributed by atoms with E-state index in [9.17, 15) is 18.0 Å². The highest BCUT2D eigenvalue weighted by Gasteiger charge is 2.25. The Kier molecular flexibility index (Phi) is 2.85. The molecule has 2 nitrogen and oxygen atoms in total. The van der Waals surface area contributed by atoms with Crippen LogP contribution in [0, 0.1) is 17.5 Å². The largest absolute Gasteiger partial charge is 0.459 e. The van der Waals surface area contributed by atoms with Gasteiger partial charge in [0.25, 0.3) is 0 Å².